The van der Waals surface area contributed by atoms with Crippen molar-refractivity contribution in [2.24, 2.45) is 0 Å². The zero-order chi connectivity index (χ0) is 15.6. The molecule has 0 aliphatic heterocycles. The van der Waals surface area contributed by atoms with E-state index >= 15 is 0 Å². The number of hydrogen-bond acceptors (Lipinski definition) is 3. The minimum atomic E-state index is -0.623. The SMILES string of the molecule is CCCn1cc(N)c(=O)n(Cc2ccc(Cl)cc2F)c1=O. The van der Waals surface area contributed by atoms with E-state index in [0.29, 0.717) is 13.0 Å². The number of nitrogen functional groups attached to an aromatic ring is 1. The highest BCUT2D eigenvalue weighted by atomic mass is 35.5. The van der Waals surface area contributed by atoms with Crippen LogP contribution >= 0.6 is 11.6 Å². The first-order chi connectivity index (χ1) is 9.93. The van der Waals surface area contributed by atoms with Gasteiger partial charge in [-0.15, -0.1) is 0 Å². The predicted molar refractivity (Wildman–Crippen MR) is 80.2 cm³/mol. The molecule has 0 radical (unpaired) electrons. The van der Waals surface area contributed by atoms with Gasteiger partial charge < -0.3 is 5.73 Å². The van der Waals surface area contributed by atoms with E-state index in [4.69, 9.17) is 17.3 Å². The minimum Gasteiger partial charge on any atom is -0.393 e. The Balaban J connectivity index is 2.53. The average molecular weight is 312 g/mol. The maximum Gasteiger partial charge on any atom is 0.331 e. The summed E-state index contributed by atoms with van der Waals surface area (Å²) in [7, 11) is 0. The number of hydrogen-bond donors (Lipinski definition) is 1. The molecule has 5 nitrogen and oxygen atoms in total. The first kappa shape index (κ1) is 15.3. The van der Waals surface area contributed by atoms with Gasteiger partial charge in [0.05, 0.1) is 6.54 Å². The number of anilines is 1. The average Bonchev–Trinajstić information content (AvgIpc) is 2.43. The molecule has 0 bridgehead atoms. The van der Waals surface area contributed by atoms with Gasteiger partial charge in [-0.3, -0.25) is 13.9 Å². The van der Waals surface area contributed by atoms with Gasteiger partial charge in [0, 0.05) is 23.3 Å². The third-order valence-electron chi connectivity index (χ3n) is 3.07. The van der Waals surface area contributed by atoms with E-state index in [1.807, 2.05) is 6.92 Å². The quantitative estimate of drug-likeness (QED) is 0.936. The van der Waals surface area contributed by atoms with Crippen molar-refractivity contribution < 1.29 is 4.39 Å². The fourth-order valence-corrected chi connectivity index (χ4v) is 2.20. The van der Waals surface area contributed by atoms with Gasteiger partial charge >= 0.3 is 5.69 Å². The zero-order valence-electron chi connectivity index (χ0n) is 11.5. The van der Waals surface area contributed by atoms with Crippen molar-refractivity contribution in [3.8, 4) is 0 Å². The normalized spacial score (nSPS) is 10.8. The Kier molecular flexibility index (Phi) is 4.47. The van der Waals surface area contributed by atoms with E-state index in [0.717, 1.165) is 10.6 Å². The molecule has 21 heavy (non-hydrogen) atoms. The third kappa shape index (κ3) is 3.16. The predicted octanol–water partition coefficient (Wildman–Crippen LogP) is 1.84. The summed E-state index contributed by atoms with van der Waals surface area (Å²) in [5.41, 5.74) is 4.65. The molecule has 112 valence electrons. The van der Waals surface area contributed by atoms with Crippen LogP contribution in [0.4, 0.5) is 10.1 Å². The fourth-order valence-electron chi connectivity index (χ4n) is 2.04. The molecule has 1 heterocycles. The number of aryl methyl sites for hydroxylation is 1. The molecule has 0 atom stereocenters. The summed E-state index contributed by atoms with van der Waals surface area (Å²) in [5.74, 6) is -0.571. The first-order valence-electron chi connectivity index (χ1n) is 6.47. The van der Waals surface area contributed by atoms with Gasteiger partial charge in [0.15, 0.2) is 0 Å². The van der Waals surface area contributed by atoms with Gasteiger partial charge in [0.1, 0.15) is 11.5 Å². The molecular formula is C14H15ClFN3O2. The molecule has 0 aliphatic rings. The first-order valence-corrected chi connectivity index (χ1v) is 6.85. The Labute approximate surface area is 125 Å². The molecule has 2 aromatic rings. The monoisotopic (exact) mass is 311 g/mol. The van der Waals surface area contributed by atoms with Crippen molar-refractivity contribution in [3.05, 3.63) is 61.6 Å². The van der Waals surface area contributed by atoms with E-state index < -0.39 is 17.1 Å². The molecular weight excluding hydrogens is 297 g/mol. The van der Waals surface area contributed by atoms with Crippen LogP contribution in [0.1, 0.15) is 18.9 Å². The van der Waals surface area contributed by atoms with E-state index in [9.17, 15) is 14.0 Å². The standard InChI is InChI=1S/C14H15ClFN3O2/c1-2-5-18-8-12(17)13(20)19(14(18)21)7-9-3-4-10(15)6-11(9)16/h3-4,6,8H,2,5,7,17H2,1H3. The Morgan fingerprint density at radius 2 is 2.05 bits per heavy atom. The van der Waals surface area contributed by atoms with E-state index in [-0.39, 0.29) is 22.8 Å². The Morgan fingerprint density at radius 3 is 2.67 bits per heavy atom. The summed E-state index contributed by atoms with van der Waals surface area (Å²) in [6.07, 6.45) is 2.04. The lowest BCUT2D eigenvalue weighted by molar-refractivity contribution is 0.553. The van der Waals surface area contributed by atoms with Gasteiger partial charge in [-0.1, -0.05) is 24.6 Å². The van der Waals surface area contributed by atoms with Crippen molar-refractivity contribution in [1.82, 2.24) is 9.13 Å². The summed E-state index contributed by atoms with van der Waals surface area (Å²) in [6.45, 7) is 2.15. The van der Waals surface area contributed by atoms with Crippen LogP contribution in [0.2, 0.25) is 5.02 Å². The minimum absolute atomic E-state index is 0.0441. The van der Waals surface area contributed by atoms with Crippen LogP contribution in [0.3, 0.4) is 0 Å². The second kappa shape index (κ2) is 6.13. The van der Waals surface area contributed by atoms with E-state index in [2.05, 4.69) is 0 Å². The van der Waals surface area contributed by atoms with Gasteiger partial charge in [0.2, 0.25) is 0 Å². The van der Waals surface area contributed by atoms with Gasteiger partial charge in [-0.25, -0.2) is 9.18 Å². The number of aromatic nitrogens is 2. The van der Waals surface area contributed by atoms with Gasteiger partial charge in [0.25, 0.3) is 5.56 Å². The Morgan fingerprint density at radius 1 is 1.33 bits per heavy atom. The molecule has 0 saturated heterocycles. The van der Waals surface area contributed by atoms with Crippen molar-refractivity contribution in [1.29, 1.82) is 0 Å². The molecule has 0 amide bonds. The largest absolute Gasteiger partial charge is 0.393 e. The zero-order valence-corrected chi connectivity index (χ0v) is 12.2. The number of nitrogens with zero attached hydrogens (tertiary/aromatic N) is 2. The van der Waals surface area contributed by atoms with Crippen molar-refractivity contribution in [3.63, 3.8) is 0 Å². The van der Waals surface area contributed by atoms with Crippen LogP contribution in [0, 0.1) is 5.82 Å². The number of halogens is 2. The summed E-state index contributed by atoms with van der Waals surface area (Å²) >= 11 is 5.68. The van der Waals surface area contributed by atoms with Gasteiger partial charge in [-0.2, -0.15) is 0 Å². The fraction of sp³-hybridized carbons (Fsp3) is 0.286. The van der Waals surface area contributed by atoms with Crippen molar-refractivity contribution in [2.75, 3.05) is 5.73 Å². The number of rotatable bonds is 4. The summed E-state index contributed by atoms with van der Waals surface area (Å²) in [5, 5.41) is 0.250. The maximum absolute atomic E-state index is 13.8. The van der Waals surface area contributed by atoms with Crippen LogP contribution < -0.4 is 17.0 Å². The highest BCUT2D eigenvalue weighted by Crippen LogP contribution is 2.14. The Bertz CT molecular complexity index is 783. The maximum atomic E-state index is 13.8. The van der Waals surface area contributed by atoms with E-state index in [1.54, 1.807) is 0 Å². The molecule has 0 saturated carbocycles. The van der Waals surface area contributed by atoms with Crippen LogP contribution in [0.15, 0.2) is 34.0 Å². The second-order valence-corrected chi connectivity index (χ2v) is 5.12. The molecule has 1 aromatic heterocycles. The smallest absolute Gasteiger partial charge is 0.331 e. The number of benzene rings is 1. The molecule has 1 aromatic carbocycles. The molecule has 0 spiro atoms. The van der Waals surface area contributed by atoms with Crippen LogP contribution in [-0.2, 0) is 13.1 Å². The lowest BCUT2D eigenvalue weighted by atomic mass is 10.2. The summed E-state index contributed by atoms with van der Waals surface area (Å²) in [6, 6.07) is 4.08. The van der Waals surface area contributed by atoms with Crippen LogP contribution in [-0.4, -0.2) is 9.13 Å². The van der Waals surface area contributed by atoms with Crippen LogP contribution in [0.5, 0.6) is 0 Å². The highest BCUT2D eigenvalue weighted by Gasteiger charge is 2.12. The molecule has 0 fully saturated rings. The summed E-state index contributed by atoms with van der Waals surface area (Å²) in [4.78, 5) is 24.2. The van der Waals surface area contributed by atoms with Crippen LogP contribution in [0.25, 0.3) is 0 Å². The molecule has 7 heteroatoms. The highest BCUT2D eigenvalue weighted by molar-refractivity contribution is 6.30. The lowest BCUT2D eigenvalue weighted by Gasteiger charge is -2.11. The third-order valence-corrected chi connectivity index (χ3v) is 3.31. The topological polar surface area (TPSA) is 70.0 Å². The van der Waals surface area contributed by atoms with E-state index in [1.165, 1.54) is 22.9 Å². The molecule has 0 unspecified atom stereocenters. The second-order valence-electron chi connectivity index (χ2n) is 4.69. The van der Waals surface area contributed by atoms with Crippen molar-refractivity contribution in [2.45, 2.75) is 26.4 Å². The summed E-state index contributed by atoms with van der Waals surface area (Å²) < 4.78 is 16.1. The molecule has 0 aliphatic carbocycles. The Hall–Kier alpha value is -2.08. The lowest BCUT2D eigenvalue weighted by Crippen LogP contribution is -2.41. The molecule has 2 N–H and O–H groups in total. The van der Waals surface area contributed by atoms with Crippen molar-refractivity contribution >= 4 is 17.3 Å². The van der Waals surface area contributed by atoms with Gasteiger partial charge in [-0.05, 0) is 18.6 Å². The molecule has 2 rings (SSSR count). The number of nitrogens with two attached hydrogens (primary N) is 1.